The monoisotopic (exact) mass is 405 g/mol. The van der Waals surface area contributed by atoms with E-state index in [1.54, 1.807) is 13.0 Å². The van der Waals surface area contributed by atoms with Crippen LogP contribution in [0.5, 0.6) is 0 Å². The number of hydrogen-bond acceptors (Lipinski definition) is 5. The molecule has 0 spiro atoms. The number of nitrogens with zero attached hydrogens (tertiary/aromatic N) is 3. The number of carbonyl (C=O) groups is 1. The zero-order valence-electron chi connectivity index (χ0n) is 17.5. The van der Waals surface area contributed by atoms with Crippen molar-refractivity contribution in [2.45, 2.75) is 52.6 Å². The highest BCUT2D eigenvalue weighted by Crippen LogP contribution is 2.33. The zero-order valence-corrected chi connectivity index (χ0v) is 17.5. The van der Waals surface area contributed by atoms with Gasteiger partial charge in [0, 0.05) is 17.7 Å². The van der Waals surface area contributed by atoms with Crippen molar-refractivity contribution in [3.63, 3.8) is 0 Å². The number of fused-ring (bicyclic) bond motifs is 1. The largest absolute Gasteiger partial charge is 0.466 e. The number of unbranched alkanes of at least 4 members (excludes halogenated alkanes) is 1. The minimum Gasteiger partial charge on any atom is -0.466 e. The average Bonchev–Trinajstić information content (AvgIpc) is 3.18. The molecule has 0 saturated heterocycles. The van der Waals surface area contributed by atoms with Gasteiger partial charge in [-0.1, -0.05) is 19.1 Å². The SMILES string of the molecule is CCOC(=O)CCCCc1c(CO)nn2c(CC)ccc2c1-c1cccc(C#N)c1. The van der Waals surface area contributed by atoms with E-state index in [1.807, 2.05) is 34.8 Å². The molecule has 3 aromatic rings. The molecule has 0 aliphatic heterocycles. The Kier molecular flexibility index (Phi) is 7.21. The highest BCUT2D eigenvalue weighted by Gasteiger charge is 2.18. The first-order chi connectivity index (χ1) is 14.6. The van der Waals surface area contributed by atoms with E-state index in [0.717, 1.165) is 40.7 Å². The molecule has 0 aliphatic carbocycles. The Morgan fingerprint density at radius 2 is 2.07 bits per heavy atom. The van der Waals surface area contributed by atoms with Crippen LogP contribution < -0.4 is 0 Å². The van der Waals surface area contributed by atoms with E-state index >= 15 is 0 Å². The second-order valence-corrected chi connectivity index (χ2v) is 7.14. The number of aliphatic hydroxyl groups is 1. The molecule has 0 amide bonds. The topological polar surface area (TPSA) is 87.6 Å². The maximum atomic E-state index is 11.6. The van der Waals surface area contributed by atoms with Crippen LogP contribution in [-0.2, 0) is 29.0 Å². The van der Waals surface area contributed by atoms with Crippen molar-refractivity contribution in [3.8, 4) is 17.2 Å². The summed E-state index contributed by atoms with van der Waals surface area (Å²) in [6, 6.07) is 13.8. The molecule has 2 heterocycles. The fourth-order valence-electron chi connectivity index (χ4n) is 3.79. The first-order valence-corrected chi connectivity index (χ1v) is 10.4. The maximum absolute atomic E-state index is 11.6. The van der Waals surface area contributed by atoms with Crippen molar-refractivity contribution < 1.29 is 14.6 Å². The summed E-state index contributed by atoms with van der Waals surface area (Å²) < 4.78 is 6.90. The third kappa shape index (κ3) is 4.52. The van der Waals surface area contributed by atoms with E-state index < -0.39 is 0 Å². The molecule has 0 radical (unpaired) electrons. The van der Waals surface area contributed by atoms with Crippen LogP contribution in [0.1, 0.15) is 55.6 Å². The Morgan fingerprint density at radius 1 is 1.23 bits per heavy atom. The lowest BCUT2D eigenvalue weighted by Crippen LogP contribution is -2.09. The smallest absolute Gasteiger partial charge is 0.305 e. The molecule has 1 N–H and O–H groups in total. The van der Waals surface area contributed by atoms with Crippen LogP contribution in [0.2, 0.25) is 0 Å². The molecule has 156 valence electrons. The quantitative estimate of drug-likeness (QED) is 0.426. The Balaban J connectivity index is 2.05. The molecular weight excluding hydrogens is 378 g/mol. The highest BCUT2D eigenvalue weighted by molar-refractivity contribution is 5.84. The first kappa shape index (κ1) is 21.5. The minimum absolute atomic E-state index is 0.171. The summed E-state index contributed by atoms with van der Waals surface area (Å²) in [6.45, 7) is 4.09. The van der Waals surface area contributed by atoms with Gasteiger partial charge in [0.05, 0.1) is 36.1 Å². The summed E-state index contributed by atoms with van der Waals surface area (Å²) in [7, 11) is 0. The molecule has 0 saturated carbocycles. The third-order valence-electron chi connectivity index (χ3n) is 5.22. The van der Waals surface area contributed by atoms with Gasteiger partial charge >= 0.3 is 5.97 Å². The summed E-state index contributed by atoms with van der Waals surface area (Å²) in [6.07, 6.45) is 3.35. The van der Waals surface area contributed by atoms with Crippen LogP contribution in [0.4, 0.5) is 0 Å². The van der Waals surface area contributed by atoms with Gasteiger partial charge in [-0.15, -0.1) is 0 Å². The average molecular weight is 405 g/mol. The molecule has 1 aromatic carbocycles. The summed E-state index contributed by atoms with van der Waals surface area (Å²) in [5.74, 6) is -0.186. The summed E-state index contributed by atoms with van der Waals surface area (Å²) in [4.78, 5) is 11.6. The maximum Gasteiger partial charge on any atom is 0.305 e. The number of benzene rings is 1. The molecular formula is C24H27N3O3. The van der Waals surface area contributed by atoms with Gasteiger partial charge in [0.25, 0.3) is 0 Å². The van der Waals surface area contributed by atoms with Crippen molar-refractivity contribution in [1.29, 1.82) is 5.26 Å². The molecule has 0 fully saturated rings. The van der Waals surface area contributed by atoms with E-state index in [2.05, 4.69) is 13.0 Å². The van der Waals surface area contributed by atoms with Gasteiger partial charge in [-0.3, -0.25) is 4.79 Å². The Hall–Kier alpha value is -3.17. The van der Waals surface area contributed by atoms with Crippen molar-refractivity contribution >= 4 is 11.5 Å². The number of aliphatic hydroxyl groups excluding tert-OH is 1. The second kappa shape index (κ2) is 10.0. The van der Waals surface area contributed by atoms with Gasteiger partial charge in [0.15, 0.2) is 0 Å². The van der Waals surface area contributed by atoms with E-state index in [1.165, 1.54) is 0 Å². The number of esters is 1. The van der Waals surface area contributed by atoms with Crippen LogP contribution in [0.15, 0.2) is 36.4 Å². The lowest BCUT2D eigenvalue weighted by Gasteiger charge is -2.17. The Bertz CT molecular complexity index is 1080. The number of aromatic nitrogens is 2. The highest BCUT2D eigenvalue weighted by atomic mass is 16.5. The summed E-state index contributed by atoms with van der Waals surface area (Å²) in [5, 5.41) is 24.1. The molecule has 2 aromatic heterocycles. The van der Waals surface area contributed by atoms with Crippen molar-refractivity contribution in [2.24, 2.45) is 0 Å². The molecule has 6 nitrogen and oxygen atoms in total. The van der Waals surface area contributed by atoms with Crippen LogP contribution in [0.25, 0.3) is 16.6 Å². The lowest BCUT2D eigenvalue weighted by molar-refractivity contribution is -0.143. The van der Waals surface area contributed by atoms with Crippen LogP contribution in [0, 0.1) is 11.3 Å². The van der Waals surface area contributed by atoms with Gasteiger partial charge in [0.2, 0.25) is 0 Å². The van der Waals surface area contributed by atoms with E-state index in [9.17, 15) is 15.2 Å². The fourth-order valence-corrected chi connectivity index (χ4v) is 3.79. The van der Waals surface area contributed by atoms with Gasteiger partial charge < -0.3 is 9.84 Å². The zero-order chi connectivity index (χ0) is 21.5. The molecule has 0 aliphatic rings. The first-order valence-electron chi connectivity index (χ1n) is 10.4. The third-order valence-corrected chi connectivity index (χ3v) is 5.22. The predicted octanol–water partition coefficient (Wildman–Crippen LogP) is 4.20. The summed E-state index contributed by atoms with van der Waals surface area (Å²) in [5.41, 5.74) is 6.11. The van der Waals surface area contributed by atoms with Crippen LogP contribution >= 0.6 is 0 Å². The molecule has 30 heavy (non-hydrogen) atoms. The van der Waals surface area contributed by atoms with E-state index in [-0.39, 0.29) is 12.6 Å². The standard InChI is InChI=1S/C24H27N3O3/c1-3-19-12-13-22-24(18-9-7-8-17(14-18)15-25)20(21(16-28)26-27(19)22)10-5-6-11-23(29)30-4-2/h7-9,12-14,28H,3-6,10-11,16H2,1-2H3. The van der Waals surface area contributed by atoms with Crippen LogP contribution in [0.3, 0.4) is 0 Å². The van der Waals surface area contributed by atoms with E-state index in [4.69, 9.17) is 9.84 Å². The predicted molar refractivity (Wildman–Crippen MR) is 115 cm³/mol. The molecule has 0 atom stereocenters. The normalized spacial score (nSPS) is 10.9. The fraction of sp³-hybridized carbons (Fsp3) is 0.375. The number of carbonyl (C=O) groups excluding carboxylic acids is 1. The molecule has 3 rings (SSSR count). The molecule has 0 unspecified atom stereocenters. The van der Waals surface area contributed by atoms with Gasteiger partial charge in [-0.2, -0.15) is 10.4 Å². The van der Waals surface area contributed by atoms with Gasteiger partial charge in [-0.25, -0.2) is 4.52 Å². The molecule has 6 heteroatoms. The number of hydrogen-bond donors (Lipinski definition) is 1. The Morgan fingerprint density at radius 3 is 2.77 bits per heavy atom. The second-order valence-electron chi connectivity index (χ2n) is 7.14. The van der Waals surface area contributed by atoms with Crippen molar-refractivity contribution in [3.05, 3.63) is 58.9 Å². The Labute approximate surface area is 176 Å². The number of rotatable bonds is 9. The minimum atomic E-state index is -0.186. The lowest BCUT2D eigenvalue weighted by atomic mass is 9.93. The molecule has 0 bridgehead atoms. The van der Waals surface area contributed by atoms with E-state index in [0.29, 0.717) is 37.1 Å². The van der Waals surface area contributed by atoms with Gasteiger partial charge in [-0.05, 0) is 68.0 Å². The number of nitriles is 1. The summed E-state index contributed by atoms with van der Waals surface area (Å²) >= 11 is 0. The van der Waals surface area contributed by atoms with Crippen molar-refractivity contribution in [2.75, 3.05) is 6.61 Å². The number of aryl methyl sites for hydroxylation is 1. The van der Waals surface area contributed by atoms with Gasteiger partial charge in [0.1, 0.15) is 0 Å². The van der Waals surface area contributed by atoms with Crippen LogP contribution in [-0.4, -0.2) is 27.3 Å². The van der Waals surface area contributed by atoms with Crippen molar-refractivity contribution in [1.82, 2.24) is 9.61 Å². The number of ether oxygens (including phenoxy) is 1.